The second-order valence-corrected chi connectivity index (χ2v) is 11.6. The molecular weight excluding hydrogens is 476 g/mol. The molecule has 0 radical (unpaired) electrons. The SMILES string of the molecule is O=C1c2ccccc2CN1CCCCN1CCN(C2=CC=S(c3ccccc3)N2c2ccccc2)CC1. The fourth-order valence-corrected chi connectivity index (χ4v) is 7.38. The van der Waals surface area contributed by atoms with Gasteiger partial charge in [0.15, 0.2) is 0 Å². The molecule has 0 saturated carbocycles. The lowest BCUT2D eigenvalue weighted by atomic mass is 10.1. The molecular formula is C31H34N4OS. The average Bonchev–Trinajstić information content (AvgIpc) is 3.54. The summed E-state index contributed by atoms with van der Waals surface area (Å²) in [5.41, 5.74) is 3.30. The van der Waals surface area contributed by atoms with Gasteiger partial charge in [0.25, 0.3) is 5.91 Å². The van der Waals surface area contributed by atoms with Gasteiger partial charge in [-0.1, -0.05) is 65.3 Å². The largest absolute Gasteiger partial charge is 0.355 e. The van der Waals surface area contributed by atoms with Gasteiger partial charge in [0, 0.05) is 49.7 Å². The summed E-state index contributed by atoms with van der Waals surface area (Å²) < 4.78 is 2.51. The standard InChI is InChI=1S/C31H34N4OS/c36-31-29-16-8-7-11-26(29)25-34(31)19-10-9-18-32-20-22-33(23-21-32)30-17-24-37(28-14-5-2-6-15-28)35(30)27-12-3-1-4-13-27/h1-8,11-17,24H,9-10,18-23,25H2. The number of nitrogens with zero attached hydrogens (tertiary/aromatic N) is 4. The first kappa shape index (κ1) is 24.0. The molecule has 6 rings (SSSR count). The number of anilines is 1. The third-order valence-electron chi connectivity index (χ3n) is 7.47. The van der Waals surface area contributed by atoms with Gasteiger partial charge in [0.1, 0.15) is 5.82 Å². The first-order chi connectivity index (χ1) is 18.3. The number of unbranched alkanes of at least 4 members (excludes halogenated alkanes) is 1. The summed E-state index contributed by atoms with van der Waals surface area (Å²) in [6, 6.07) is 29.6. The van der Waals surface area contributed by atoms with Crippen LogP contribution < -0.4 is 4.31 Å². The van der Waals surface area contributed by atoms with Gasteiger partial charge in [-0.2, -0.15) is 0 Å². The number of benzene rings is 3. The van der Waals surface area contributed by atoms with Crippen LogP contribution in [0.5, 0.6) is 0 Å². The minimum Gasteiger partial charge on any atom is -0.355 e. The lowest BCUT2D eigenvalue weighted by Crippen LogP contribution is -2.48. The Balaban J connectivity index is 1.01. The van der Waals surface area contributed by atoms with E-state index < -0.39 is 0 Å². The fraction of sp³-hybridized carbons (Fsp3) is 0.290. The number of piperazine rings is 1. The predicted molar refractivity (Wildman–Crippen MR) is 154 cm³/mol. The average molecular weight is 511 g/mol. The van der Waals surface area contributed by atoms with Gasteiger partial charge in [0.2, 0.25) is 0 Å². The molecule has 3 heterocycles. The van der Waals surface area contributed by atoms with E-state index in [1.165, 1.54) is 22.0 Å². The van der Waals surface area contributed by atoms with Crippen LogP contribution in [0, 0.1) is 0 Å². The second kappa shape index (κ2) is 11.0. The number of carbonyl (C=O) groups is 1. The van der Waals surface area contributed by atoms with Crippen molar-refractivity contribution in [2.75, 3.05) is 43.6 Å². The van der Waals surface area contributed by atoms with Gasteiger partial charge in [-0.25, -0.2) is 0 Å². The molecule has 1 atom stereocenters. The van der Waals surface area contributed by atoms with E-state index in [1.807, 2.05) is 23.1 Å². The fourth-order valence-electron chi connectivity index (χ4n) is 5.48. The summed E-state index contributed by atoms with van der Waals surface area (Å²) >= 11 is 0. The highest BCUT2D eigenvalue weighted by molar-refractivity contribution is 8.16. The maximum Gasteiger partial charge on any atom is 0.254 e. The van der Waals surface area contributed by atoms with Crippen molar-refractivity contribution in [1.29, 1.82) is 0 Å². The Morgan fingerprint density at radius 3 is 2.16 bits per heavy atom. The van der Waals surface area contributed by atoms with Crippen molar-refractivity contribution in [2.45, 2.75) is 24.3 Å². The van der Waals surface area contributed by atoms with Gasteiger partial charge >= 0.3 is 0 Å². The molecule has 0 aromatic heterocycles. The van der Waals surface area contributed by atoms with Crippen molar-refractivity contribution in [3.8, 4) is 0 Å². The smallest absolute Gasteiger partial charge is 0.254 e. The van der Waals surface area contributed by atoms with Crippen LogP contribution in [-0.4, -0.2) is 65.2 Å². The summed E-state index contributed by atoms with van der Waals surface area (Å²) in [6.07, 6.45) is 4.51. The molecule has 5 nitrogen and oxygen atoms in total. The third-order valence-corrected chi connectivity index (χ3v) is 9.41. The summed E-state index contributed by atoms with van der Waals surface area (Å²) in [4.78, 5) is 21.1. The molecule has 1 unspecified atom stereocenters. The number of rotatable bonds is 8. The van der Waals surface area contributed by atoms with E-state index in [4.69, 9.17) is 0 Å². The quantitative estimate of drug-likeness (QED) is 0.298. The Labute approximate surface area is 222 Å². The van der Waals surface area contributed by atoms with E-state index >= 15 is 0 Å². The van der Waals surface area contributed by atoms with Crippen molar-refractivity contribution in [2.24, 2.45) is 0 Å². The number of amides is 1. The number of allylic oxidation sites excluding steroid dienone is 1. The Bertz CT molecular complexity index is 1300. The van der Waals surface area contributed by atoms with Gasteiger partial charge in [-0.15, -0.1) is 0 Å². The molecule has 0 N–H and O–H groups in total. The van der Waals surface area contributed by atoms with E-state index in [9.17, 15) is 4.79 Å². The van der Waals surface area contributed by atoms with E-state index in [-0.39, 0.29) is 16.6 Å². The molecule has 1 saturated heterocycles. The molecule has 1 fully saturated rings. The van der Waals surface area contributed by atoms with Crippen LogP contribution in [-0.2, 0) is 6.54 Å². The summed E-state index contributed by atoms with van der Waals surface area (Å²) in [5.74, 6) is 1.51. The summed E-state index contributed by atoms with van der Waals surface area (Å²) in [5, 5.41) is 2.36. The molecule has 0 aliphatic carbocycles. The van der Waals surface area contributed by atoms with Crippen molar-refractivity contribution >= 4 is 27.6 Å². The highest BCUT2D eigenvalue weighted by Gasteiger charge is 2.29. The zero-order valence-electron chi connectivity index (χ0n) is 21.2. The van der Waals surface area contributed by atoms with Crippen molar-refractivity contribution < 1.29 is 4.79 Å². The maximum absolute atomic E-state index is 12.6. The first-order valence-corrected chi connectivity index (χ1v) is 14.6. The molecule has 1 amide bonds. The van der Waals surface area contributed by atoms with Crippen LogP contribution >= 0.6 is 10.7 Å². The van der Waals surface area contributed by atoms with E-state index in [0.717, 1.165) is 64.2 Å². The molecule has 3 aromatic carbocycles. The monoisotopic (exact) mass is 510 g/mol. The van der Waals surface area contributed by atoms with Crippen molar-refractivity contribution in [1.82, 2.24) is 14.7 Å². The van der Waals surface area contributed by atoms with Gasteiger partial charge in [0.05, 0.1) is 5.69 Å². The third kappa shape index (κ3) is 5.09. The van der Waals surface area contributed by atoms with Gasteiger partial charge in [-0.05, 0) is 66.7 Å². The van der Waals surface area contributed by atoms with Gasteiger partial charge < -0.3 is 9.80 Å². The normalized spacial score (nSPS) is 19.7. The summed E-state index contributed by atoms with van der Waals surface area (Å²) in [6.45, 7) is 6.95. The molecule has 0 spiro atoms. The molecule has 0 bridgehead atoms. The molecule has 3 aliphatic heterocycles. The van der Waals surface area contributed by atoms with Crippen LogP contribution in [0.4, 0.5) is 5.69 Å². The molecule has 190 valence electrons. The molecule has 3 aromatic rings. The minimum atomic E-state index is -0.117. The molecule has 6 heteroatoms. The molecule has 37 heavy (non-hydrogen) atoms. The number of para-hydroxylation sites is 1. The van der Waals surface area contributed by atoms with Crippen molar-refractivity contribution in [3.05, 3.63) is 108 Å². The number of hydrogen-bond acceptors (Lipinski definition) is 4. The number of hydrogen-bond donors (Lipinski definition) is 0. The number of fused-ring (bicyclic) bond motifs is 1. The predicted octanol–water partition coefficient (Wildman–Crippen LogP) is 5.45. The minimum absolute atomic E-state index is 0.117. The van der Waals surface area contributed by atoms with Crippen LogP contribution in [0.1, 0.15) is 28.8 Å². The Kier molecular flexibility index (Phi) is 7.11. The summed E-state index contributed by atoms with van der Waals surface area (Å²) in [7, 11) is -0.117. The topological polar surface area (TPSA) is 30.0 Å². The first-order valence-electron chi connectivity index (χ1n) is 13.3. The molecule has 3 aliphatic rings. The van der Waals surface area contributed by atoms with Crippen LogP contribution in [0.2, 0.25) is 0 Å². The highest BCUT2D eigenvalue weighted by atomic mass is 32.2. The van der Waals surface area contributed by atoms with Crippen molar-refractivity contribution in [3.63, 3.8) is 0 Å². The van der Waals surface area contributed by atoms with Gasteiger partial charge in [-0.3, -0.25) is 14.0 Å². The van der Waals surface area contributed by atoms with Crippen LogP contribution in [0.25, 0.3) is 0 Å². The lowest BCUT2D eigenvalue weighted by Gasteiger charge is -2.40. The Hall–Kier alpha value is -3.35. The van der Waals surface area contributed by atoms with E-state index in [0.29, 0.717) is 0 Å². The lowest BCUT2D eigenvalue weighted by molar-refractivity contribution is 0.0772. The maximum atomic E-state index is 12.6. The Morgan fingerprint density at radius 2 is 1.41 bits per heavy atom. The van der Waals surface area contributed by atoms with Crippen LogP contribution in [0.15, 0.2) is 102 Å². The highest BCUT2D eigenvalue weighted by Crippen LogP contribution is 2.42. The van der Waals surface area contributed by atoms with E-state index in [2.05, 4.69) is 92.3 Å². The van der Waals surface area contributed by atoms with Crippen LogP contribution in [0.3, 0.4) is 0 Å². The van der Waals surface area contributed by atoms with E-state index in [1.54, 1.807) is 0 Å². The number of carbonyl (C=O) groups excluding carboxylic acids is 1. The second-order valence-electron chi connectivity index (χ2n) is 9.84. The Morgan fingerprint density at radius 1 is 0.730 bits per heavy atom. The zero-order chi connectivity index (χ0) is 25.0. The zero-order valence-corrected chi connectivity index (χ0v) is 22.0.